The number of ketones is 1. The molecule has 0 aromatic heterocycles. The molecule has 7 nitrogen and oxygen atoms in total. The first-order valence-electron chi connectivity index (χ1n) is 8.26. The molecule has 0 amide bonds. The number of nitro groups is 1. The average Bonchev–Trinajstić information content (AvgIpc) is 2.66. The van der Waals surface area contributed by atoms with Crippen LogP contribution >= 0.6 is 0 Å². The first-order valence-corrected chi connectivity index (χ1v) is 8.26. The van der Waals surface area contributed by atoms with Crippen LogP contribution in [0.15, 0.2) is 48.5 Å². The van der Waals surface area contributed by atoms with E-state index < -0.39 is 10.9 Å². The van der Waals surface area contributed by atoms with Gasteiger partial charge in [-0.1, -0.05) is 43.3 Å². The predicted octanol–water partition coefficient (Wildman–Crippen LogP) is 3.39. The average molecular weight is 356 g/mol. The van der Waals surface area contributed by atoms with Crippen molar-refractivity contribution in [3.8, 4) is 0 Å². The van der Waals surface area contributed by atoms with Crippen LogP contribution in [0.2, 0.25) is 0 Å². The van der Waals surface area contributed by atoms with Crippen molar-refractivity contribution in [3.63, 3.8) is 0 Å². The second-order valence-electron chi connectivity index (χ2n) is 5.59. The van der Waals surface area contributed by atoms with E-state index in [0.717, 1.165) is 12.0 Å². The summed E-state index contributed by atoms with van der Waals surface area (Å²) in [7, 11) is 0. The van der Waals surface area contributed by atoms with Gasteiger partial charge in [-0.05, 0) is 18.1 Å². The highest BCUT2D eigenvalue weighted by molar-refractivity contribution is 5.97. The highest BCUT2D eigenvalue weighted by atomic mass is 16.6. The van der Waals surface area contributed by atoms with Crippen LogP contribution in [0.4, 0.5) is 11.4 Å². The van der Waals surface area contributed by atoms with Crippen molar-refractivity contribution in [2.24, 2.45) is 0 Å². The second-order valence-corrected chi connectivity index (χ2v) is 5.59. The number of hydrogen-bond acceptors (Lipinski definition) is 6. The lowest BCUT2D eigenvalue weighted by molar-refractivity contribution is -0.384. The smallest absolute Gasteiger partial charge is 0.308 e. The Bertz CT molecular complexity index is 787. The Hall–Kier alpha value is -3.22. The topological polar surface area (TPSA) is 98.5 Å². The maximum absolute atomic E-state index is 12.0. The molecule has 0 spiro atoms. The van der Waals surface area contributed by atoms with Crippen molar-refractivity contribution >= 4 is 23.1 Å². The first kappa shape index (κ1) is 19.1. The third kappa shape index (κ3) is 5.41. The van der Waals surface area contributed by atoms with E-state index in [1.165, 1.54) is 6.07 Å². The number of carbonyl (C=O) groups excluding carboxylic acids is 2. The lowest BCUT2D eigenvalue weighted by Crippen LogP contribution is -2.17. The molecule has 2 aromatic rings. The van der Waals surface area contributed by atoms with Gasteiger partial charge in [0, 0.05) is 18.2 Å². The lowest BCUT2D eigenvalue weighted by Gasteiger charge is -2.07. The van der Waals surface area contributed by atoms with Gasteiger partial charge in [-0.3, -0.25) is 19.7 Å². The number of ether oxygens (including phenoxy) is 1. The standard InChI is InChI=1S/C19H20N2O5/c1-2-14-7-9-15(10-8-14)18(22)13-26-19(23)11-12-20-16-5-3-4-6-17(16)21(24)25/h3-10,20H,2,11-13H2,1H3. The summed E-state index contributed by atoms with van der Waals surface area (Å²) in [5.74, 6) is -0.817. The molecular formula is C19H20N2O5. The van der Waals surface area contributed by atoms with Crippen LogP contribution in [0.1, 0.15) is 29.3 Å². The molecule has 2 aromatic carbocycles. The van der Waals surface area contributed by atoms with Crippen molar-refractivity contribution in [1.29, 1.82) is 0 Å². The van der Waals surface area contributed by atoms with Gasteiger partial charge in [-0.15, -0.1) is 0 Å². The number of benzene rings is 2. The maximum Gasteiger partial charge on any atom is 0.308 e. The predicted molar refractivity (Wildman–Crippen MR) is 97.3 cm³/mol. The minimum atomic E-state index is -0.547. The van der Waals surface area contributed by atoms with Crippen LogP contribution in [0, 0.1) is 10.1 Å². The molecule has 0 radical (unpaired) electrons. The molecule has 26 heavy (non-hydrogen) atoms. The molecule has 0 unspecified atom stereocenters. The summed E-state index contributed by atoms with van der Waals surface area (Å²) in [4.78, 5) is 34.1. The molecule has 0 atom stereocenters. The number of nitro benzene ring substituents is 1. The number of nitrogens with zero attached hydrogens (tertiary/aromatic N) is 1. The van der Waals surface area contributed by atoms with Gasteiger partial charge < -0.3 is 10.1 Å². The molecule has 0 aliphatic carbocycles. The molecule has 136 valence electrons. The molecule has 7 heteroatoms. The highest BCUT2D eigenvalue weighted by Crippen LogP contribution is 2.22. The summed E-state index contributed by atoms with van der Waals surface area (Å²) in [6, 6.07) is 13.3. The van der Waals surface area contributed by atoms with Crippen molar-refractivity contribution in [3.05, 3.63) is 69.8 Å². The number of aryl methyl sites for hydroxylation is 1. The fourth-order valence-electron chi connectivity index (χ4n) is 2.31. The fraction of sp³-hybridized carbons (Fsp3) is 0.263. The molecule has 0 aliphatic heterocycles. The first-order chi connectivity index (χ1) is 12.5. The SMILES string of the molecule is CCc1ccc(C(=O)COC(=O)CCNc2ccccc2[N+](=O)[O-])cc1. The number of carbonyl (C=O) groups is 2. The molecule has 2 rings (SSSR count). The summed E-state index contributed by atoms with van der Waals surface area (Å²) in [5.41, 5.74) is 1.89. The van der Waals surface area contributed by atoms with Gasteiger partial charge in [0.1, 0.15) is 5.69 Å². The molecule has 0 aliphatic rings. The molecular weight excluding hydrogens is 336 g/mol. The van der Waals surface area contributed by atoms with Crippen LogP contribution in [0.25, 0.3) is 0 Å². The Morgan fingerprint density at radius 1 is 1.12 bits per heavy atom. The Morgan fingerprint density at radius 2 is 1.81 bits per heavy atom. The Morgan fingerprint density at radius 3 is 2.46 bits per heavy atom. The number of nitrogens with one attached hydrogen (secondary N) is 1. The van der Waals surface area contributed by atoms with Crippen molar-refractivity contribution in [2.45, 2.75) is 19.8 Å². The van der Waals surface area contributed by atoms with Crippen LogP contribution in [-0.2, 0) is 16.0 Å². The monoisotopic (exact) mass is 356 g/mol. The zero-order chi connectivity index (χ0) is 18.9. The molecule has 0 bridgehead atoms. The van der Waals surface area contributed by atoms with Gasteiger partial charge in [0.15, 0.2) is 12.4 Å². The number of rotatable bonds is 9. The third-order valence-corrected chi connectivity index (χ3v) is 3.79. The Labute approximate surface area is 151 Å². The summed E-state index contributed by atoms with van der Waals surface area (Å²) < 4.78 is 4.97. The van der Waals surface area contributed by atoms with E-state index in [4.69, 9.17) is 4.74 Å². The van der Waals surface area contributed by atoms with E-state index in [1.807, 2.05) is 19.1 Å². The second kappa shape index (κ2) is 9.31. The number of para-hydroxylation sites is 2. The van der Waals surface area contributed by atoms with E-state index >= 15 is 0 Å². The molecule has 1 N–H and O–H groups in total. The van der Waals surface area contributed by atoms with Gasteiger partial charge in [0.05, 0.1) is 11.3 Å². The Kier molecular flexibility index (Phi) is 6.84. The normalized spacial score (nSPS) is 10.2. The van der Waals surface area contributed by atoms with Gasteiger partial charge in [0.25, 0.3) is 5.69 Å². The van der Waals surface area contributed by atoms with E-state index in [-0.39, 0.29) is 31.0 Å². The van der Waals surface area contributed by atoms with Crippen LogP contribution in [0.3, 0.4) is 0 Å². The third-order valence-electron chi connectivity index (χ3n) is 3.79. The fourth-order valence-corrected chi connectivity index (χ4v) is 2.31. The van der Waals surface area contributed by atoms with Gasteiger partial charge in [-0.25, -0.2) is 0 Å². The number of esters is 1. The molecule has 0 saturated heterocycles. The summed E-state index contributed by atoms with van der Waals surface area (Å²) >= 11 is 0. The molecule has 0 fully saturated rings. The highest BCUT2D eigenvalue weighted by Gasteiger charge is 2.13. The van der Waals surface area contributed by atoms with Gasteiger partial charge >= 0.3 is 5.97 Å². The summed E-state index contributed by atoms with van der Waals surface area (Å²) in [6.45, 7) is 1.87. The summed E-state index contributed by atoms with van der Waals surface area (Å²) in [5, 5.41) is 13.7. The quantitative estimate of drug-likeness (QED) is 0.320. The van der Waals surface area contributed by atoms with E-state index in [2.05, 4.69) is 5.32 Å². The minimum absolute atomic E-state index is 0.00585. The van der Waals surface area contributed by atoms with Gasteiger partial charge in [-0.2, -0.15) is 0 Å². The molecule has 0 heterocycles. The zero-order valence-electron chi connectivity index (χ0n) is 14.4. The Balaban J connectivity index is 1.77. The summed E-state index contributed by atoms with van der Waals surface area (Å²) in [6.07, 6.45) is 0.879. The number of anilines is 1. The molecule has 0 saturated carbocycles. The van der Waals surface area contributed by atoms with Crippen LogP contribution < -0.4 is 5.32 Å². The van der Waals surface area contributed by atoms with E-state index in [9.17, 15) is 19.7 Å². The van der Waals surface area contributed by atoms with Crippen LogP contribution in [-0.4, -0.2) is 29.8 Å². The van der Waals surface area contributed by atoms with Crippen LogP contribution in [0.5, 0.6) is 0 Å². The number of hydrogen-bond donors (Lipinski definition) is 1. The van der Waals surface area contributed by atoms with Crippen molar-refractivity contribution < 1.29 is 19.2 Å². The maximum atomic E-state index is 12.0. The zero-order valence-corrected chi connectivity index (χ0v) is 14.4. The van der Waals surface area contributed by atoms with Crippen molar-refractivity contribution in [2.75, 3.05) is 18.5 Å². The largest absolute Gasteiger partial charge is 0.457 e. The lowest BCUT2D eigenvalue weighted by atomic mass is 10.1. The minimum Gasteiger partial charge on any atom is -0.457 e. The number of Topliss-reactive ketones (excluding diaryl/α,β-unsaturated/α-hetero) is 1. The van der Waals surface area contributed by atoms with Gasteiger partial charge in [0.2, 0.25) is 0 Å². The van der Waals surface area contributed by atoms with E-state index in [1.54, 1.807) is 30.3 Å². The van der Waals surface area contributed by atoms with E-state index in [0.29, 0.717) is 11.3 Å². The van der Waals surface area contributed by atoms with Crippen molar-refractivity contribution in [1.82, 2.24) is 0 Å².